The lowest BCUT2D eigenvalue weighted by molar-refractivity contribution is 0.0945. The first-order valence-corrected chi connectivity index (χ1v) is 8.65. The summed E-state index contributed by atoms with van der Waals surface area (Å²) in [6.07, 6.45) is 0. The van der Waals surface area contributed by atoms with Crippen molar-refractivity contribution in [1.82, 2.24) is 15.5 Å². The van der Waals surface area contributed by atoms with Gasteiger partial charge in [-0.15, -0.1) is 0 Å². The van der Waals surface area contributed by atoms with E-state index >= 15 is 0 Å². The summed E-state index contributed by atoms with van der Waals surface area (Å²) in [4.78, 5) is 18.9. The van der Waals surface area contributed by atoms with Crippen LogP contribution in [0.5, 0.6) is 0 Å². The van der Waals surface area contributed by atoms with Crippen molar-refractivity contribution in [1.29, 1.82) is 0 Å². The highest BCUT2D eigenvalue weighted by atomic mass is 32.1. The number of para-hydroxylation sites is 1. The lowest BCUT2D eigenvalue weighted by atomic mass is 10.1. The summed E-state index contributed by atoms with van der Waals surface area (Å²) in [7, 11) is 0. The Labute approximate surface area is 143 Å². The highest BCUT2D eigenvalue weighted by Crippen LogP contribution is 2.26. The van der Waals surface area contributed by atoms with Crippen LogP contribution in [-0.2, 0) is 6.54 Å². The fourth-order valence-electron chi connectivity index (χ4n) is 2.86. The fourth-order valence-corrected chi connectivity index (χ4v) is 3.49. The number of hydrogen-bond acceptors (Lipinski definition) is 6. The molecule has 1 unspecified atom stereocenters. The Morgan fingerprint density at radius 2 is 2.25 bits per heavy atom. The van der Waals surface area contributed by atoms with Gasteiger partial charge in [0.2, 0.25) is 11.7 Å². The van der Waals surface area contributed by atoms with Crippen LogP contribution in [0.4, 0.5) is 5.69 Å². The molecule has 1 aliphatic rings. The molecule has 1 atom stereocenters. The molecule has 6 nitrogen and oxygen atoms in total. The van der Waals surface area contributed by atoms with Gasteiger partial charge in [-0.2, -0.15) is 16.3 Å². The van der Waals surface area contributed by atoms with Crippen molar-refractivity contribution in [3.63, 3.8) is 0 Å². The number of benzene rings is 1. The minimum atomic E-state index is -0.0508. The summed E-state index contributed by atoms with van der Waals surface area (Å²) >= 11 is 1.60. The molecule has 0 saturated carbocycles. The molecular formula is C17H16N4O2S. The molecule has 1 amide bonds. The van der Waals surface area contributed by atoms with E-state index in [2.05, 4.69) is 20.4 Å². The number of anilines is 1. The molecule has 0 fully saturated rings. The Morgan fingerprint density at radius 3 is 3.08 bits per heavy atom. The number of amides is 1. The molecule has 3 heterocycles. The molecule has 4 rings (SSSR count). The molecule has 0 saturated heterocycles. The van der Waals surface area contributed by atoms with Crippen LogP contribution in [0.3, 0.4) is 0 Å². The molecule has 0 bridgehead atoms. The van der Waals surface area contributed by atoms with Crippen LogP contribution >= 0.6 is 11.3 Å². The third-order valence-corrected chi connectivity index (χ3v) is 4.62. The topological polar surface area (TPSA) is 71.3 Å². The monoisotopic (exact) mass is 340 g/mol. The van der Waals surface area contributed by atoms with Crippen molar-refractivity contribution in [3.05, 3.63) is 52.5 Å². The van der Waals surface area contributed by atoms with Gasteiger partial charge in [-0.1, -0.05) is 17.3 Å². The summed E-state index contributed by atoms with van der Waals surface area (Å²) in [6.45, 7) is 3.13. The maximum Gasteiger partial charge on any atom is 0.253 e. The minimum absolute atomic E-state index is 0.0316. The minimum Gasteiger partial charge on any atom is -0.360 e. The van der Waals surface area contributed by atoms with Gasteiger partial charge in [0.25, 0.3) is 5.91 Å². The molecule has 1 aromatic carbocycles. The maximum absolute atomic E-state index is 12.3. The smallest absolute Gasteiger partial charge is 0.253 e. The number of thiophene rings is 1. The number of carbonyl (C=O) groups is 1. The molecule has 0 aliphatic carbocycles. The Kier molecular flexibility index (Phi) is 3.78. The second-order valence-electron chi connectivity index (χ2n) is 5.80. The number of fused-ring (bicyclic) bond motifs is 1. The molecule has 7 heteroatoms. The Bertz CT molecular complexity index is 859. The van der Waals surface area contributed by atoms with E-state index in [0.29, 0.717) is 30.4 Å². The molecule has 1 N–H and O–H groups in total. The zero-order chi connectivity index (χ0) is 16.5. The van der Waals surface area contributed by atoms with Crippen molar-refractivity contribution in [2.75, 3.05) is 11.4 Å². The van der Waals surface area contributed by atoms with E-state index in [1.54, 1.807) is 11.3 Å². The van der Waals surface area contributed by atoms with Crippen LogP contribution in [0.1, 0.15) is 23.2 Å². The summed E-state index contributed by atoms with van der Waals surface area (Å²) in [5.74, 6) is 1.08. The summed E-state index contributed by atoms with van der Waals surface area (Å²) in [5.41, 5.74) is 2.51. The quantitative estimate of drug-likeness (QED) is 0.794. The van der Waals surface area contributed by atoms with Crippen molar-refractivity contribution >= 4 is 22.9 Å². The van der Waals surface area contributed by atoms with Crippen LogP contribution < -0.4 is 10.2 Å². The van der Waals surface area contributed by atoms with Gasteiger partial charge in [-0.25, -0.2) is 0 Å². The number of aromatic nitrogens is 2. The number of rotatable bonds is 3. The first-order chi connectivity index (χ1) is 11.7. The summed E-state index contributed by atoms with van der Waals surface area (Å²) in [6, 6.07) is 9.58. The van der Waals surface area contributed by atoms with Gasteiger partial charge in [0, 0.05) is 23.5 Å². The number of carbonyl (C=O) groups excluding carboxylic acids is 1. The van der Waals surface area contributed by atoms with E-state index in [1.165, 1.54) is 0 Å². The highest BCUT2D eigenvalue weighted by Gasteiger charge is 2.25. The Balaban J connectivity index is 1.63. The van der Waals surface area contributed by atoms with Crippen molar-refractivity contribution in [3.8, 4) is 11.4 Å². The number of nitrogens with one attached hydrogen (secondary N) is 1. The van der Waals surface area contributed by atoms with Gasteiger partial charge in [-0.05, 0) is 30.5 Å². The van der Waals surface area contributed by atoms with Crippen molar-refractivity contribution < 1.29 is 9.32 Å². The van der Waals surface area contributed by atoms with Gasteiger partial charge in [0.15, 0.2) is 0 Å². The largest absolute Gasteiger partial charge is 0.360 e. The van der Waals surface area contributed by atoms with E-state index in [4.69, 9.17) is 4.52 Å². The van der Waals surface area contributed by atoms with Gasteiger partial charge in [0.1, 0.15) is 0 Å². The van der Waals surface area contributed by atoms with Gasteiger partial charge >= 0.3 is 0 Å². The van der Waals surface area contributed by atoms with Gasteiger partial charge < -0.3 is 14.7 Å². The fraction of sp³-hybridized carbons (Fsp3) is 0.235. The van der Waals surface area contributed by atoms with Gasteiger partial charge in [-0.3, -0.25) is 4.79 Å². The van der Waals surface area contributed by atoms with Crippen LogP contribution in [0.2, 0.25) is 0 Å². The van der Waals surface area contributed by atoms with E-state index < -0.39 is 0 Å². The van der Waals surface area contributed by atoms with E-state index in [9.17, 15) is 4.79 Å². The summed E-state index contributed by atoms with van der Waals surface area (Å²) in [5, 5.41) is 11.0. The van der Waals surface area contributed by atoms with E-state index in [1.807, 2.05) is 48.0 Å². The van der Waals surface area contributed by atoms with Crippen LogP contribution in [0.25, 0.3) is 11.4 Å². The lowest BCUT2D eigenvalue weighted by Gasteiger charge is -2.24. The summed E-state index contributed by atoms with van der Waals surface area (Å²) < 4.78 is 5.41. The van der Waals surface area contributed by atoms with Crippen LogP contribution in [-0.4, -0.2) is 28.6 Å². The molecule has 24 heavy (non-hydrogen) atoms. The molecular weight excluding hydrogens is 324 g/mol. The Hall–Kier alpha value is -2.67. The zero-order valence-corrected chi connectivity index (χ0v) is 13.9. The molecule has 2 aromatic heterocycles. The molecule has 0 radical (unpaired) electrons. The average molecular weight is 340 g/mol. The molecule has 1 aliphatic heterocycles. The third-order valence-electron chi connectivity index (χ3n) is 3.93. The maximum atomic E-state index is 12.3. The van der Waals surface area contributed by atoms with Crippen molar-refractivity contribution in [2.24, 2.45) is 0 Å². The number of hydrogen-bond donors (Lipinski definition) is 1. The van der Waals surface area contributed by atoms with Crippen LogP contribution in [0.15, 0.2) is 45.6 Å². The SMILES string of the molecule is CC1CN(Cc2nc(-c3ccsc3)no2)c2ccccc2C(=O)N1. The first kappa shape index (κ1) is 14.9. The van der Waals surface area contributed by atoms with E-state index in [0.717, 1.165) is 11.3 Å². The molecule has 122 valence electrons. The average Bonchev–Trinajstić information content (AvgIpc) is 3.23. The Morgan fingerprint density at radius 1 is 1.38 bits per heavy atom. The first-order valence-electron chi connectivity index (χ1n) is 7.70. The predicted molar refractivity (Wildman–Crippen MR) is 92.0 cm³/mol. The third kappa shape index (κ3) is 2.78. The second-order valence-corrected chi connectivity index (χ2v) is 6.58. The van der Waals surface area contributed by atoms with Gasteiger partial charge in [0.05, 0.1) is 17.8 Å². The molecule has 0 spiro atoms. The normalized spacial score (nSPS) is 17.3. The highest BCUT2D eigenvalue weighted by molar-refractivity contribution is 7.08. The van der Waals surface area contributed by atoms with E-state index in [-0.39, 0.29) is 11.9 Å². The predicted octanol–water partition coefficient (Wildman–Crippen LogP) is 2.94. The van der Waals surface area contributed by atoms with Crippen LogP contribution in [0, 0.1) is 0 Å². The standard InChI is InChI=1S/C17H16N4O2S/c1-11-8-21(14-5-3-2-4-13(14)17(22)18-11)9-15-19-16(20-23-15)12-6-7-24-10-12/h2-7,10-11H,8-9H2,1H3,(H,18,22). The number of nitrogens with zero attached hydrogens (tertiary/aromatic N) is 3. The molecule has 3 aromatic rings. The lowest BCUT2D eigenvalue weighted by Crippen LogP contribution is -2.38. The zero-order valence-electron chi connectivity index (χ0n) is 13.1. The second kappa shape index (κ2) is 6.09. The van der Waals surface area contributed by atoms with Crippen molar-refractivity contribution in [2.45, 2.75) is 19.5 Å².